The third-order valence-electron chi connectivity index (χ3n) is 4.90. The molecule has 0 bridgehead atoms. The second-order valence-electron chi connectivity index (χ2n) is 6.77. The molecule has 1 N–H and O–H groups in total. The van der Waals surface area contributed by atoms with E-state index in [-0.39, 0.29) is 11.4 Å². The van der Waals surface area contributed by atoms with Crippen molar-refractivity contribution in [3.8, 4) is 11.1 Å². The summed E-state index contributed by atoms with van der Waals surface area (Å²) in [6.45, 7) is 1.65. The van der Waals surface area contributed by atoms with E-state index in [1.54, 1.807) is 30.3 Å². The first-order valence-corrected chi connectivity index (χ1v) is 10.6. The number of nitrogens with one attached hydrogen (secondary N) is 1. The van der Waals surface area contributed by atoms with Crippen molar-refractivity contribution in [1.29, 1.82) is 0 Å². The summed E-state index contributed by atoms with van der Waals surface area (Å²) in [7, 11) is -3.90. The molecule has 1 amide bonds. The van der Waals surface area contributed by atoms with E-state index in [0.29, 0.717) is 16.9 Å². The van der Waals surface area contributed by atoms with E-state index in [2.05, 4.69) is 5.32 Å². The van der Waals surface area contributed by atoms with Crippen LogP contribution in [0.2, 0.25) is 0 Å². The number of fused-ring (bicyclic) bond motifs is 3. The SMILES string of the molecule is CCc1ccc2c(c1)-c1ccccc1S(=O)(=O)N2CC(=O)Nc1ccc(F)cc1. The Hall–Kier alpha value is -3.19. The van der Waals surface area contributed by atoms with Crippen molar-refractivity contribution in [2.24, 2.45) is 0 Å². The summed E-state index contributed by atoms with van der Waals surface area (Å²) in [6, 6.07) is 17.7. The molecule has 148 valence electrons. The van der Waals surface area contributed by atoms with Gasteiger partial charge in [0, 0.05) is 16.8 Å². The van der Waals surface area contributed by atoms with Gasteiger partial charge in [0.25, 0.3) is 10.0 Å². The van der Waals surface area contributed by atoms with Crippen LogP contribution in [0.5, 0.6) is 0 Å². The molecule has 5 nitrogen and oxygen atoms in total. The van der Waals surface area contributed by atoms with E-state index >= 15 is 0 Å². The number of benzene rings is 3. The van der Waals surface area contributed by atoms with E-state index in [0.717, 1.165) is 21.9 Å². The minimum absolute atomic E-state index is 0.176. The Labute approximate surface area is 168 Å². The largest absolute Gasteiger partial charge is 0.325 e. The Balaban J connectivity index is 1.73. The molecule has 0 saturated heterocycles. The van der Waals surface area contributed by atoms with Gasteiger partial charge in [0.1, 0.15) is 12.4 Å². The number of sulfonamides is 1. The van der Waals surface area contributed by atoms with Crippen molar-refractivity contribution in [3.63, 3.8) is 0 Å². The minimum Gasteiger partial charge on any atom is -0.325 e. The van der Waals surface area contributed by atoms with Crippen LogP contribution in [-0.2, 0) is 21.2 Å². The summed E-state index contributed by atoms with van der Waals surface area (Å²) in [6.07, 6.45) is 0.813. The quantitative estimate of drug-likeness (QED) is 0.701. The molecule has 7 heteroatoms. The summed E-state index contributed by atoms with van der Waals surface area (Å²) >= 11 is 0. The lowest BCUT2D eigenvalue weighted by atomic mass is 9.99. The van der Waals surface area contributed by atoms with Gasteiger partial charge in [-0.3, -0.25) is 9.10 Å². The highest BCUT2D eigenvalue weighted by molar-refractivity contribution is 7.93. The van der Waals surface area contributed by atoms with Crippen LogP contribution < -0.4 is 9.62 Å². The van der Waals surface area contributed by atoms with Gasteiger partial charge in [-0.1, -0.05) is 31.2 Å². The molecule has 1 aliphatic rings. The highest BCUT2D eigenvalue weighted by Gasteiger charge is 2.35. The van der Waals surface area contributed by atoms with Gasteiger partial charge >= 0.3 is 0 Å². The Kier molecular flexibility index (Phi) is 4.84. The monoisotopic (exact) mass is 410 g/mol. The lowest BCUT2D eigenvalue weighted by molar-refractivity contribution is -0.114. The van der Waals surface area contributed by atoms with Gasteiger partial charge in [-0.15, -0.1) is 0 Å². The lowest BCUT2D eigenvalue weighted by Gasteiger charge is -2.32. The van der Waals surface area contributed by atoms with Crippen LogP contribution >= 0.6 is 0 Å². The number of amides is 1. The van der Waals surface area contributed by atoms with Gasteiger partial charge in [-0.25, -0.2) is 12.8 Å². The molecule has 0 radical (unpaired) electrons. The maximum absolute atomic E-state index is 13.3. The smallest absolute Gasteiger partial charge is 0.265 e. The molecule has 0 aliphatic carbocycles. The van der Waals surface area contributed by atoms with Crippen LogP contribution in [0.3, 0.4) is 0 Å². The van der Waals surface area contributed by atoms with Crippen LogP contribution in [0.1, 0.15) is 12.5 Å². The number of nitrogens with zero attached hydrogens (tertiary/aromatic N) is 1. The zero-order valence-corrected chi connectivity index (χ0v) is 16.5. The minimum atomic E-state index is -3.90. The number of rotatable bonds is 4. The van der Waals surface area contributed by atoms with Crippen LogP contribution in [0.15, 0.2) is 71.6 Å². The number of aryl methyl sites for hydroxylation is 1. The number of hydrogen-bond acceptors (Lipinski definition) is 3. The number of anilines is 2. The molecule has 0 saturated carbocycles. The zero-order valence-electron chi connectivity index (χ0n) is 15.7. The van der Waals surface area contributed by atoms with E-state index in [4.69, 9.17) is 0 Å². The van der Waals surface area contributed by atoms with Crippen LogP contribution in [0.25, 0.3) is 11.1 Å². The molecule has 1 heterocycles. The molecule has 0 aromatic heterocycles. The Morgan fingerprint density at radius 1 is 1.00 bits per heavy atom. The Morgan fingerprint density at radius 2 is 1.72 bits per heavy atom. The molecule has 0 unspecified atom stereocenters. The molecule has 1 aliphatic heterocycles. The number of hydrogen-bond donors (Lipinski definition) is 1. The molecule has 0 spiro atoms. The summed E-state index contributed by atoms with van der Waals surface area (Å²) in [5.74, 6) is -0.927. The van der Waals surface area contributed by atoms with Gasteiger partial charge in [0.15, 0.2) is 0 Å². The van der Waals surface area contributed by atoms with Gasteiger partial charge in [-0.2, -0.15) is 0 Å². The number of carbonyl (C=O) groups excluding carboxylic acids is 1. The summed E-state index contributed by atoms with van der Waals surface area (Å²) in [5.41, 5.74) is 3.36. The topological polar surface area (TPSA) is 66.5 Å². The average Bonchev–Trinajstić information content (AvgIpc) is 2.72. The fraction of sp³-hybridized carbons (Fsp3) is 0.136. The van der Waals surface area contributed by atoms with Crippen molar-refractivity contribution in [1.82, 2.24) is 0 Å². The summed E-state index contributed by atoms with van der Waals surface area (Å²) in [4.78, 5) is 12.8. The molecular formula is C22H19FN2O3S. The summed E-state index contributed by atoms with van der Waals surface area (Å²) in [5, 5.41) is 2.62. The highest BCUT2D eigenvalue weighted by atomic mass is 32.2. The van der Waals surface area contributed by atoms with Crippen LogP contribution in [0, 0.1) is 5.82 Å². The third kappa shape index (κ3) is 3.49. The average molecular weight is 410 g/mol. The van der Waals surface area contributed by atoms with Gasteiger partial charge in [-0.05, 0) is 54.4 Å². The zero-order chi connectivity index (χ0) is 20.6. The molecule has 29 heavy (non-hydrogen) atoms. The van der Waals surface area contributed by atoms with E-state index < -0.39 is 21.7 Å². The molecule has 0 atom stereocenters. The first-order chi connectivity index (χ1) is 13.9. The standard InChI is InChI=1S/C22H19FN2O3S/c1-2-15-7-12-20-19(13-15)18-5-3-4-6-21(18)29(27,28)25(20)14-22(26)24-17-10-8-16(23)9-11-17/h3-13H,2,14H2,1H3,(H,24,26). The second kappa shape index (κ2) is 7.33. The molecular weight excluding hydrogens is 391 g/mol. The van der Waals surface area contributed by atoms with Crippen molar-refractivity contribution >= 4 is 27.3 Å². The maximum Gasteiger partial charge on any atom is 0.265 e. The fourth-order valence-electron chi connectivity index (χ4n) is 3.43. The molecule has 3 aromatic rings. The number of carbonyl (C=O) groups is 1. The number of halogens is 1. The third-order valence-corrected chi connectivity index (χ3v) is 6.72. The summed E-state index contributed by atoms with van der Waals surface area (Å²) < 4.78 is 40.7. The maximum atomic E-state index is 13.3. The van der Waals surface area contributed by atoms with E-state index in [1.807, 2.05) is 19.1 Å². The Bertz CT molecular complexity index is 1190. The first-order valence-electron chi connectivity index (χ1n) is 9.20. The van der Waals surface area contributed by atoms with E-state index in [1.165, 1.54) is 24.3 Å². The van der Waals surface area contributed by atoms with Gasteiger partial charge in [0.05, 0.1) is 10.6 Å². The predicted octanol–water partition coefficient (Wildman–Crippen LogP) is 4.20. The van der Waals surface area contributed by atoms with Gasteiger partial charge in [0.2, 0.25) is 5.91 Å². The van der Waals surface area contributed by atoms with Crippen LogP contribution in [0.4, 0.5) is 15.8 Å². The van der Waals surface area contributed by atoms with Crippen molar-refractivity contribution in [3.05, 3.63) is 78.1 Å². The van der Waals surface area contributed by atoms with Crippen molar-refractivity contribution < 1.29 is 17.6 Å². The highest BCUT2D eigenvalue weighted by Crippen LogP contribution is 2.43. The first kappa shape index (κ1) is 19.1. The van der Waals surface area contributed by atoms with Gasteiger partial charge < -0.3 is 5.32 Å². The Morgan fingerprint density at radius 3 is 2.45 bits per heavy atom. The van der Waals surface area contributed by atoms with Crippen molar-refractivity contribution in [2.45, 2.75) is 18.2 Å². The molecule has 0 fully saturated rings. The van der Waals surface area contributed by atoms with Crippen LogP contribution in [-0.4, -0.2) is 20.9 Å². The van der Waals surface area contributed by atoms with Crippen molar-refractivity contribution in [2.75, 3.05) is 16.2 Å². The van der Waals surface area contributed by atoms with E-state index in [9.17, 15) is 17.6 Å². The lowest BCUT2D eigenvalue weighted by Crippen LogP contribution is -2.40. The predicted molar refractivity (Wildman–Crippen MR) is 111 cm³/mol. The second-order valence-corrected chi connectivity index (χ2v) is 8.60. The fourth-order valence-corrected chi connectivity index (χ4v) is 5.08. The normalized spacial score (nSPS) is 14.1. The molecule has 3 aromatic carbocycles. The molecule has 4 rings (SSSR count).